The number of rotatable bonds is 5. The van der Waals surface area contributed by atoms with Crippen LogP contribution in [-0.2, 0) is 10.0 Å². The molecule has 0 unspecified atom stereocenters. The zero-order valence-electron chi connectivity index (χ0n) is 14.4. The highest BCUT2D eigenvalue weighted by molar-refractivity contribution is 7.92. The molecule has 0 fully saturated rings. The summed E-state index contributed by atoms with van der Waals surface area (Å²) in [5.74, 6) is -0.487. The molecule has 0 atom stereocenters. The third-order valence-electron chi connectivity index (χ3n) is 3.83. The van der Waals surface area contributed by atoms with Crippen LogP contribution in [-0.4, -0.2) is 14.3 Å². The molecular weight excluding hydrogens is 384 g/mol. The highest BCUT2D eigenvalue weighted by Gasteiger charge is 2.19. The number of para-hydroxylation sites is 1. The van der Waals surface area contributed by atoms with Crippen molar-refractivity contribution in [3.63, 3.8) is 0 Å². The molecule has 3 aromatic carbocycles. The molecule has 5 nitrogen and oxygen atoms in total. The number of nitrogens with one attached hydrogen (secondary N) is 2. The van der Waals surface area contributed by atoms with E-state index >= 15 is 0 Å². The quantitative estimate of drug-likeness (QED) is 0.651. The zero-order valence-corrected chi connectivity index (χ0v) is 16.0. The van der Waals surface area contributed by atoms with Crippen LogP contribution in [0.2, 0.25) is 5.02 Å². The number of halogens is 1. The van der Waals surface area contributed by atoms with E-state index in [1.54, 1.807) is 48.5 Å². The summed E-state index contributed by atoms with van der Waals surface area (Å²) in [4.78, 5) is 12.4. The van der Waals surface area contributed by atoms with Gasteiger partial charge >= 0.3 is 0 Å². The average molecular weight is 401 g/mol. The Bertz CT molecular complexity index is 1070. The lowest BCUT2D eigenvalue weighted by molar-refractivity contribution is 0.102. The molecular formula is C20H17ClN2O3S. The van der Waals surface area contributed by atoms with E-state index in [0.717, 1.165) is 5.56 Å². The second-order valence-corrected chi connectivity index (χ2v) is 8.02. The molecule has 7 heteroatoms. The predicted octanol–water partition coefficient (Wildman–Crippen LogP) is 4.70. The minimum Gasteiger partial charge on any atom is -0.322 e. The van der Waals surface area contributed by atoms with Crippen molar-refractivity contribution < 1.29 is 13.2 Å². The van der Waals surface area contributed by atoms with Crippen LogP contribution in [0.5, 0.6) is 0 Å². The van der Waals surface area contributed by atoms with Crippen molar-refractivity contribution >= 4 is 38.9 Å². The molecule has 3 rings (SSSR count). The lowest BCUT2D eigenvalue weighted by Gasteiger charge is -2.11. The van der Waals surface area contributed by atoms with E-state index in [0.29, 0.717) is 11.4 Å². The molecule has 0 aliphatic carbocycles. The van der Waals surface area contributed by atoms with Gasteiger partial charge in [-0.2, -0.15) is 0 Å². The fourth-order valence-electron chi connectivity index (χ4n) is 2.40. The van der Waals surface area contributed by atoms with Crippen LogP contribution in [0.3, 0.4) is 0 Å². The molecule has 0 saturated heterocycles. The molecule has 0 spiro atoms. The van der Waals surface area contributed by atoms with Crippen molar-refractivity contribution in [2.75, 3.05) is 10.0 Å². The van der Waals surface area contributed by atoms with Gasteiger partial charge in [-0.05, 0) is 49.4 Å². The number of hydrogen-bond acceptors (Lipinski definition) is 3. The van der Waals surface area contributed by atoms with E-state index in [1.165, 1.54) is 18.2 Å². The Labute approximate surface area is 163 Å². The summed E-state index contributed by atoms with van der Waals surface area (Å²) in [6, 6.07) is 19.8. The van der Waals surface area contributed by atoms with Gasteiger partial charge in [-0.25, -0.2) is 8.42 Å². The van der Waals surface area contributed by atoms with E-state index in [2.05, 4.69) is 10.0 Å². The summed E-state index contributed by atoms with van der Waals surface area (Å²) in [5, 5.41) is 2.86. The van der Waals surface area contributed by atoms with Crippen molar-refractivity contribution in [1.82, 2.24) is 0 Å². The topological polar surface area (TPSA) is 75.3 Å². The largest absolute Gasteiger partial charge is 0.322 e. The normalized spacial score (nSPS) is 11.0. The van der Waals surface area contributed by atoms with E-state index in [-0.39, 0.29) is 15.5 Å². The van der Waals surface area contributed by atoms with Gasteiger partial charge in [-0.3, -0.25) is 9.52 Å². The van der Waals surface area contributed by atoms with Gasteiger partial charge in [0.25, 0.3) is 15.9 Å². The molecule has 0 aromatic heterocycles. The maximum Gasteiger partial charge on any atom is 0.261 e. The Balaban J connectivity index is 1.87. The van der Waals surface area contributed by atoms with Gasteiger partial charge in [0, 0.05) is 11.4 Å². The smallest absolute Gasteiger partial charge is 0.261 e. The Morgan fingerprint density at radius 2 is 1.56 bits per heavy atom. The number of sulfonamides is 1. The summed E-state index contributed by atoms with van der Waals surface area (Å²) < 4.78 is 27.8. The minimum absolute atomic E-state index is 0.0503. The van der Waals surface area contributed by atoms with Crippen molar-refractivity contribution in [1.29, 1.82) is 0 Å². The molecule has 1 amide bonds. The first-order valence-corrected chi connectivity index (χ1v) is 9.97. The van der Waals surface area contributed by atoms with E-state index in [9.17, 15) is 13.2 Å². The average Bonchev–Trinajstić information content (AvgIpc) is 2.64. The Hall–Kier alpha value is -2.83. The number of aryl methyl sites for hydroxylation is 1. The third kappa shape index (κ3) is 4.67. The van der Waals surface area contributed by atoms with Crippen LogP contribution < -0.4 is 10.0 Å². The molecule has 0 heterocycles. The minimum atomic E-state index is -3.86. The predicted molar refractivity (Wildman–Crippen MR) is 108 cm³/mol. The number of carbonyl (C=O) groups is 1. The van der Waals surface area contributed by atoms with Gasteiger partial charge in [0.1, 0.15) is 0 Å². The molecule has 0 aliphatic heterocycles. The first-order valence-electron chi connectivity index (χ1n) is 8.10. The van der Waals surface area contributed by atoms with Gasteiger partial charge in [-0.1, -0.05) is 47.5 Å². The number of amides is 1. The Morgan fingerprint density at radius 3 is 2.22 bits per heavy atom. The van der Waals surface area contributed by atoms with Gasteiger partial charge in [0.15, 0.2) is 0 Å². The summed E-state index contributed by atoms with van der Waals surface area (Å²) in [7, 11) is -3.86. The molecule has 0 bridgehead atoms. The lowest BCUT2D eigenvalue weighted by Crippen LogP contribution is -2.16. The molecule has 0 saturated carbocycles. The SMILES string of the molecule is Cc1ccc(NS(=O)(=O)c2ccc(Cl)c(C(=O)Nc3ccccc3)c2)cc1. The second kappa shape index (κ2) is 7.82. The highest BCUT2D eigenvalue weighted by Crippen LogP contribution is 2.23. The van der Waals surface area contributed by atoms with Crippen LogP contribution in [0, 0.1) is 6.92 Å². The lowest BCUT2D eigenvalue weighted by atomic mass is 10.2. The number of benzene rings is 3. The van der Waals surface area contributed by atoms with E-state index < -0.39 is 15.9 Å². The molecule has 27 heavy (non-hydrogen) atoms. The third-order valence-corrected chi connectivity index (χ3v) is 5.54. The van der Waals surface area contributed by atoms with Crippen LogP contribution in [0.4, 0.5) is 11.4 Å². The molecule has 3 aromatic rings. The van der Waals surface area contributed by atoms with Crippen molar-refractivity contribution in [3.8, 4) is 0 Å². The molecule has 0 radical (unpaired) electrons. The second-order valence-electron chi connectivity index (χ2n) is 5.93. The zero-order chi connectivity index (χ0) is 19.4. The summed E-state index contributed by atoms with van der Waals surface area (Å²) in [6.45, 7) is 1.91. The van der Waals surface area contributed by atoms with Gasteiger partial charge in [-0.15, -0.1) is 0 Å². The Morgan fingerprint density at radius 1 is 0.889 bits per heavy atom. The van der Waals surface area contributed by atoms with Gasteiger partial charge in [0.2, 0.25) is 0 Å². The first kappa shape index (κ1) is 18.9. The fourth-order valence-corrected chi connectivity index (χ4v) is 3.69. The number of anilines is 2. The maximum atomic E-state index is 12.6. The van der Waals surface area contributed by atoms with Crippen molar-refractivity contribution in [2.24, 2.45) is 0 Å². The summed E-state index contributed by atoms with van der Waals surface area (Å²) in [5.41, 5.74) is 2.12. The van der Waals surface area contributed by atoms with Gasteiger partial charge in [0.05, 0.1) is 15.5 Å². The highest BCUT2D eigenvalue weighted by atomic mass is 35.5. The van der Waals surface area contributed by atoms with Gasteiger partial charge < -0.3 is 5.32 Å². The standard InChI is InChI=1S/C20H17ClN2O3S/c1-14-7-9-16(10-8-14)23-27(25,26)17-11-12-19(21)18(13-17)20(24)22-15-5-3-2-4-6-15/h2-13,23H,1H3,(H,22,24). The van der Waals surface area contributed by atoms with E-state index in [1.807, 2.05) is 13.0 Å². The van der Waals surface area contributed by atoms with Crippen LogP contribution in [0.25, 0.3) is 0 Å². The van der Waals surface area contributed by atoms with Crippen LogP contribution in [0.15, 0.2) is 77.7 Å². The van der Waals surface area contributed by atoms with Crippen molar-refractivity contribution in [2.45, 2.75) is 11.8 Å². The maximum absolute atomic E-state index is 12.6. The number of carbonyl (C=O) groups excluding carboxylic acids is 1. The fraction of sp³-hybridized carbons (Fsp3) is 0.0500. The molecule has 2 N–H and O–H groups in total. The Kier molecular flexibility index (Phi) is 5.48. The van der Waals surface area contributed by atoms with Crippen LogP contribution >= 0.6 is 11.6 Å². The molecule has 138 valence electrons. The molecule has 0 aliphatic rings. The summed E-state index contributed by atoms with van der Waals surface area (Å²) in [6.07, 6.45) is 0. The summed E-state index contributed by atoms with van der Waals surface area (Å²) >= 11 is 6.11. The van der Waals surface area contributed by atoms with E-state index in [4.69, 9.17) is 11.6 Å². The first-order chi connectivity index (χ1) is 12.8. The monoisotopic (exact) mass is 400 g/mol. The van der Waals surface area contributed by atoms with Crippen LogP contribution in [0.1, 0.15) is 15.9 Å². The number of hydrogen-bond donors (Lipinski definition) is 2. The van der Waals surface area contributed by atoms with Crippen molar-refractivity contribution in [3.05, 3.63) is 88.9 Å².